The summed E-state index contributed by atoms with van der Waals surface area (Å²) in [6.07, 6.45) is 7.15. The number of carbonyl (C=O) groups excluding carboxylic acids is 1. The Hall–Kier alpha value is -2.50. The molecule has 1 aliphatic carbocycles. The van der Waals surface area contributed by atoms with Gasteiger partial charge in [-0.1, -0.05) is 18.9 Å². The third kappa shape index (κ3) is 3.08. The minimum absolute atomic E-state index is 0.0435. The number of urea groups is 1. The van der Waals surface area contributed by atoms with Crippen LogP contribution in [0.4, 0.5) is 14.9 Å². The number of halogens is 1. The first-order chi connectivity index (χ1) is 12.1. The average molecular weight is 340 g/mol. The summed E-state index contributed by atoms with van der Waals surface area (Å²) < 4.78 is 13.0. The Morgan fingerprint density at radius 1 is 1.24 bits per heavy atom. The van der Waals surface area contributed by atoms with Gasteiger partial charge in [-0.3, -0.25) is 0 Å². The molecule has 0 spiro atoms. The quantitative estimate of drug-likeness (QED) is 0.899. The van der Waals surface area contributed by atoms with E-state index in [-0.39, 0.29) is 6.03 Å². The topological polar surface area (TPSA) is 58.1 Å². The Morgan fingerprint density at radius 3 is 2.76 bits per heavy atom. The SMILES string of the molecule is Cc1ccc(NC(=O)N2C[C@@H]3CCCC[C@@H]32)cc1-c1ncc(F)cn1. The van der Waals surface area contributed by atoms with Crippen LogP contribution >= 0.6 is 0 Å². The fourth-order valence-electron chi connectivity index (χ4n) is 3.88. The summed E-state index contributed by atoms with van der Waals surface area (Å²) in [6, 6.07) is 5.99. The van der Waals surface area contributed by atoms with E-state index in [0.29, 0.717) is 23.5 Å². The molecular weight excluding hydrogens is 319 g/mol. The zero-order valence-electron chi connectivity index (χ0n) is 14.2. The highest BCUT2D eigenvalue weighted by Crippen LogP contribution is 2.37. The van der Waals surface area contributed by atoms with Crippen molar-refractivity contribution in [3.8, 4) is 11.4 Å². The third-order valence-corrected chi connectivity index (χ3v) is 5.31. The molecule has 1 N–H and O–H groups in total. The highest BCUT2D eigenvalue weighted by Gasteiger charge is 2.42. The smallest absolute Gasteiger partial charge is 0.321 e. The maximum absolute atomic E-state index is 13.0. The first-order valence-electron chi connectivity index (χ1n) is 8.78. The summed E-state index contributed by atoms with van der Waals surface area (Å²) in [6.45, 7) is 2.80. The minimum atomic E-state index is -0.467. The van der Waals surface area contributed by atoms with Gasteiger partial charge in [-0.25, -0.2) is 19.2 Å². The highest BCUT2D eigenvalue weighted by molar-refractivity contribution is 5.91. The van der Waals surface area contributed by atoms with Gasteiger partial charge in [0, 0.05) is 23.8 Å². The molecule has 1 saturated heterocycles. The van der Waals surface area contributed by atoms with Crippen LogP contribution < -0.4 is 5.32 Å². The van der Waals surface area contributed by atoms with Crippen LogP contribution in [0.25, 0.3) is 11.4 Å². The molecule has 25 heavy (non-hydrogen) atoms. The molecule has 0 unspecified atom stereocenters. The molecule has 2 aliphatic rings. The fourth-order valence-corrected chi connectivity index (χ4v) is 3.88. The van der Waals surface area contributed by atoms with Gasteiger partial charge >= 0.3 is 6.03 Å². The highest BCUT2D eigenvalue weighted by atomic mass is 19.1. The predicted molar refractivity (Wildman–Crippen MR) is 93.6 cm³/mol. The zero-order chi connectivity index (χ0) is 17.4. The Morgan fingerprint density at radius 2 is 2.00 bits per heavy atom. The average Bonchev–Trinajstić information content (AvgIpc) is 2.58. The second kappa shape index (κ2) is 6.43. The van der Waals surface area contributed by atoms with Crippen LogP contribution in [0.1, 0.15) is 31.2 Å². The van der Waals surface area contributed by atoms with Gasteiger partial charge in [0.05, 0.1) is 12.4 Å². The number of nitrogens with one attached hydrogen (secondary N) is 1. The molecule has 1 aromatic carbocycles. The molecule has 130 valence electrons. The van der Waals surface area contributed by atoms with E-state index in [9.17, 15) is 9.18 Å². The lowest BCUT2D eigenvalue weighted by Gasteiger charge is -2.50. The number of amides is 2. The van der Waals surface area contributed by atoms with Gasteiger partial charge in [0.2, 0.25) is 0 Å². The number of anilines is 1. The maximum atomic E-state index is 13.0. The molecule has 1 aromatic heterocycles. The molecule has 4 rings (SSSR count). The Bertz CT molecular complexity index is 793. The van der Waals surface area contributed by atoms with E-state index in [4.69, 9.17) is 0 Å². The number of carbonyl (C=O) groups is 1. The zero-order valence-corrected chi connectivity index (χ0v) is 14.2. The molecule has 2 heterocycles. The van der Waals surface area contributed by atoms with Gasteiger partial charge in [-0.05, 0) is 43.4 Å². The Labute approximate surface area is 146 Å². The maximum Gasteiger partial charge on any atom is 0.322 e. The summed E-state index contributed by atoms with van der Waals surface area (Å²) in [5, 5.41) is 2.98. The number of fused-ring (bicyclic) bond motifs is 1. The standard InChI is InChI=1S/C19H21FN4O/c1-12-6-7-15(8-16(12)18-21-9-14(20)10-22-18)23-19(25)24-11-13-4-2-3-5-17(13)24/h6-10,13,17H,2-5,11H2,1H3,(H,23,25)/t13-,17-/m0/s1. The van der Waals surface area contributed by atoms with Gasteiger partial charge in [0.15, 0.2) is 11.6 Å². The number of aromatic nitrogens is 2. The lowest BCUT2D eigenvalue weighted by molar-refractivity contribution is 0.0256. The Balaban J connectivity index is 1.50. The summed E-state index contributed by atoms with van der Waals surface area (Å²) in [5.41, 5.74) is 2.47. The molecule has 2 fully saturated rings. The van der Waals surface area contributed by atoms with Crippen molar-refractivity contribution in [1.82, 2.24) is 14.9 Å². The molecule has 2 amide bonds. The van der Waals surface area contributed by atoms with Gasteiger partial charge in [-0.2, -0.15) is 0 Å². The number of hydrogen-bond acceptors (Lipinski definition) is 3. The van der Waals surface area contributed by atoms with E-state index in [1.54, 1.807) is 0 Å². The van der Waals surface area contributed by atoms with E-state index in [1.807, 2.05) is 30.0 Å². The fraction of sp³-hybridized carbons (Fsp3) is 0.421. The lowest BCUT2D eigenvalue weighted by atomic mass is 9.77. The van der Waals surface area contributed by atoms with Crippen molar-refractivity contribution < 1.29 is 9.18 Å². The van der Waals surface area contributed by atoms with Gasteiger partial charge < -0.3 is 10.2 Å². The van der Waals surface area contributed by atoms with Crippen molar-refractivity contribution in [3.05, 3.63) is 42.0 Å². The largest absolute Gasteiger partial charge is 0.322 e. The van der Waals surface area contributed by atoms with Crippen LogP contribution in [0, 0.1) is 18.7 Å². The van der Waals surface area contributed by atoms with E-state index in [0.717, 1.165) is 36.5 Å². The van der Waals surface area contributed by atoms with Crippen molar-refractivity contribution in [3.63, 3.8) is 0 Å². The molecule has 0 bridgehead atoms. The molecular formula is C19H21FN4O. The molecule has 2 aromatic rings. The molecule has 5 nitrogen and oxygen atoms in total. The van der Waals surface area contributed by atoms with E-state index < -0.39 is 5.82 Å². The molecule has 1 aliphatic heterocycles. The normalized spacial score (nSPS) is 22.1. The van der Waals surface area contributed by atoms with Crippen molar-refractivity contribution in [1.29, 1.82) is 0 Å². The lowest BCUT2D eigenvalue weighted by Crippen LogP contribution is -2.60. The summed E-state index contributed by atoms with van der Waals surface area (Å²) in [7, 11) is 0. The number of rotatable bonds is 2. The van der Waals surface area contributed by atoms with Crippen LogP contribution in [0.5, 0.6) is 0 Å². The van der Waals surface area contributed by atoms with Crippen LogP contribution in [0.3, 0.4) is 0 Å². The molecule has 0 radical (unpaired) electrons. The number of hydrogen-bond donors (Lipinski definition) is 1. The second-order valence-corrected chi connectivity index (χ2v) is 6.95. The minimum Gasteiger partial charge on any atom is -0.321 e. The van der Waals surface area contributed by atoms with Gasteiger partial charge in [0.1, 0.15) is 0 Å². The number of nitrogens with zero attached hydrogens (tertiary/aromatic N) is 3. The molecule has 2 atom stereocenters. The molecule has 1 saturated carbocycles. The second-order valence-electron chi connectivity index (χ2n) is 6.95. The first-order valence-corrected chi connectivity index (χ1v) is 8.78. The van der Waals surface area contributed by atoms with Crippen molar-refractivity contribution in [2.24, 2.45) is 5.92 Å². The van der Waals surface area contributed by atoms with E-state index in [2.05, 4.69) is 15.3 Å². The van der Waals surface area contributed by atoms with E-state index in [1.165, 1.54) is 19.3 Å². The van der Waals surface area contributed by atoms with Crippen LogP contribution in [-0.2, 0) is 0 Å². The third-order valence-electron chi connectivity index (χ3n) is 5.31. The first kappa shape index (κ1) is 16.0. The van der Waals surface area contributed by atoms with Crippen molar-refractivity contribution in [2.75, 3.05) is 11.9 Å². The Kier molecular flexibility index (Phi) is 4.11. The van der Waals surface area contributed by atoms with Crippen molar-refractivity contribution in [2.45, 2.75) is 38.6 Å². The van der Waals surface area contributed by atoms with Gasteiger partial charge in [0.25, 0.3) is 0 Å². The summed E-state index contributed by atoms with van der Waals surface area (Å²) >= 11 is 0. The van der Waals surface area contributed by atoms with Crippen LogP contribution in [-0.4, -0.2) is 33.5 Å². The number of likely N-dealkylation sites (tertiary alicyclic amines) is 1. The predicted octanol–water partition coefficient (Wildman–Crippen LogP) is 4.00. The number of benzene rings is 1. The van der Waals surface area contributed by atoms with Crippen LogP contribution in [0.2, 0.25) is 0 Å². The van der Waals surface area contributed by atoms with Gasteiger partial charge in [-0.15, -0.1) is 0 Å². The summed E-state index contributed by atoms with van der Waals surface area (Å²) in [5.74, 6) is 0.665. The van der Waals surface area contributed by atoms with Crippen molar-refractivity contribution >= 4 is 11.7 Å². The van der Waals surface area contributed by atoms with Crippen LogP contribution in [0.15, 0.2) is 30.6 Å². The molecule has 6 heteroatoms. The van der Waals surface area contributed by atoms with E-state index >= 15 is 0 Å². The summed E-state index contributed by atoms with van der Waals surface area (Å²) in [4.78, 5) is 22.6. The monoisotopic (exact) mass is 340 g/mol. The number of aryl methyl sites for hydroxylation is 1.